The Bertz CT molecular complexity index is 609. The smallest absolute Gasteiger partial charge is 0.254 e. The zero-order valence-corrected chi connectivity index (χ0v) is 12.0. The molecule has 0 spiro atoms. The third-order valence-corrected chi connectivity index (χ3v) is 3.55. The third-order valence-electron chi connectivity index (χ3n) is 3.55. The van der Waals surface area contributed by atoms with E-state index in [2.05, 4.69) is 6.92 Å². The summed E-state index contributed by atoms with van der Waals surface area (Å²) in [5, 5.41) is 1.19. The monoisotopic (exact) mass is 273 g/mol. The summed E-state index contributed by atoms with van der Waals surface area (Å²) in [5.74, 6) is -0.300. The number of carbonyl (C=O) groups excluding carboxylic acids is 1. The fourth-order valence-corrected chi connectivity index (χ4v) is 2.37. The Labute approximate surface area is 119 Å². The van der Waals surface area contributed by atoms with E-state index < -0.39 is 0 Å². The van der Waals surface area contributed by atoms with Crippen molar-refractivity contribution in [3.63, 3.8) is 0 Å². The molecule has 0 bridgehead atoms. The van der Waals surface area contributed by atoms with Crippen molar-refractivity contribution in [1.82, 2.24) is 4.90 Å². The van der Waals surface area contributed by atoms with Gasteiger partial charge in [0.2, 0.25) is 0 Å². The second-order valence-corrected chi connectivity index (χ2v) is 4.88. The highest BCUT2D eigenvalue weighted by Crippen LogP contribution is 2.23. The lowest BCUT2D eigenvalue weighted by molar-refractivity contribution is 0.0764. The molecule has 0 aromatic heterocycles. The van der Waals surface area contributed by atoms with E-state index in [-0.39, 0.29) is 11.7 Å². The Morgan fingerprint density at radius 1 is 1.10 bits per heavy atom. The van der Waals surface area contributed by atoms with Crippen LogP contribution in [0.25, 0.3) is 10.8 Å². The van der Waals surface area contributed by atoms with Gasteiger partial charge in [-0.25, -0.2) is 4.39 Å². The summed E-state index contributed by atoms with van der Waals surface area (Å²) >= 11 is 0. The van der Waals surface area contributed by atoms with Gasteiger partial charge in [0, 0.05) is 24.0 Å². The van der Waals surface area contributed by atoms with E-state index in [9.17, 15) is 9.18 Å². The number of fused-ring (bicyclic) bond motifs is 1. The molecule has 0 N–H and O–H groups in total. The standard InChI is InChI=1S/C17H20FNO/c1-3-5-12-19(4-2)17(20)15-10-11-16(18)14-9-7-6-8-13(14)15/h6-11H,3-5,12H2,1-2H3. The van der Waals surface area contributed by atoms with Crippen LogP contribution in [0.5, 0.6) is 0 Å². The maximum atomic E-state index is 13.8. The molecule has 0 aliphatic heterocycles. The molecule has 0 saturated heterocycles. The van der Waals surface area contributed by atoms with Crippen molar-refractivity contribution in [3.05, 3.63) is 47.8 Å². The first-order valence-electron chi connectivity index (χ1n) is 7.15. The number of amides is 1. The molecular formula is C17H20FNO. The van der Waals surface area contributed by atoms with Gasteiger partial charge in [-0.2, -0.15) is 0 Å². The minimum atomic E-state index is -0.284. The fourth-order valence-electron chi connectivity index (χ4n) is 2.37. The Kier molecular flexibility index (Phi) is 4.72. The SMILES string of the molecule is CCCCN(CC)C(=O)c1ccc(F)c2ccccc12. The number of hydrogen-bond donors (Lipinski definition) is 0. The Morgan fingerprint density at radius 3 is 2.45 bits per heavy atom. The Balaban J connectivity index is 2.41. The lowest BCUT2D eigenvalue weighted by Crippen LogP contribution is -2.31. The van der Waals surface area contributed by atoms with E-state index in [1.807, 2.05) is 17.9 Å². The third kappa shape index (κ3) is 2.82. The molecule has 0 unspecified atom stereocenters. The van der Waals surface area contributed by atoms with Gasteiger partial charge in [-0.1, -0.05) is 37.6 Å². The van der Waals surface area contributed by atoms with Gasteiger partial charge in [0.1, 0.15) is 5.82 Å². The minimum absolute atomic E-state index is 0.0165. The van der Waals surface area contributed by atoms with Gasteiger partial charge in [-0.05, 0) is 30.9 Å². The Hall–Kier alpha value is -1.90. The Morgan fingerprint density at radius 2 is 1.80 bits per heavy atom. The van der Waals surface area contributed by atoms with Crippen LogP contribution in [0.3, 0.4) is 0 Å². The van der Waals surface area contributed by atoms with Crippen LogP contribution in [0, 0.1) is 5.82 Å². The van der Waals surface area contributed by atoms with Crippen LogP contribution in [0.1, 0.15) is 37.0 Å². The lowest BCUT2D eigenvalue weighted by Gasteiger charge is -2.21. The predicted octanol–water partition coefficient (Wildman–Crippen LogP) is 4.24. The number of unbranched alkanes of at least 4 members (excludes halogenated alkanes) is 1. The summed E-state index contributed by atoms with van der Waals surface area (Å²) in [6, 6.07) is 10.1. The van der Waals surface area contributed by atoms with Gasteiger partial charge in [-0.15, -0.1) is 0 Å². The molecule has 2 aromatic rings. The summed E-state index contributed by atoms with van der Waals surface area (Å²) in [6.07, 6.45) is 2.03. The van der Waals surface area contributed by atoms with Crippen LogP contribution in [0.2, 0.25) is 0 Å². The second-order valence-electron chi connectivity index (χ2n) is 4.88. The van der Waals surface area contributed by atoms with Gasteiger partial charge in [0.25, 0.3) is 5.91 Å². The number of halogens is 1. The van der Waals surface area contributed by atoms with Crippen LogP contribution in [0.4, 0.5) is 4.39 Å². The molecule has 0 aliphatic rings. The molecule has 0 saturated carbocycles. The molecule has 1 amide bonds. The molecule has 0 aliphatic carbocycles. The second kappa shape index (κ2) is 6.51. The number of hydrogen-bond acceptors (Lipinski definition) is 1. The van der Waals surface area contributed by atoms with E-state index in [0.717, 1.165) is 19.4 Å². The van der Waals surface area contributed by atoms with E-state index in [0.29, 0.717) is 22.9 Å². The van der Waals surface area contributed by atoms with Crippen LogP contribution >= 0.6 is 0 Å². The summed E-state index contributed by atoms with van der Waals surface area (Å²) in [7, 11) is 0. The van der Waals surface area contributed by atoms with E-state index in [1.165, 1.54) is 6.07 Å². The average molecular weight is 273 g/mol. The van der Waals surface area contributed by atoms with Crippen molar-refractivity contribution in [3.8, 4) is 0 Å². The van der Waals surface area contributed by atoms with Gasteiger partial charge in [0.15, 0.2) is 0 Å². The minimum Gasteiger partial charge on any atom is -0.339 e. The van der Waals surface area contributed by atoms with Crippen molar-refractivity contribution >= 4 is 16.7 Å². The molecule has 0 fully saturated rings. The zero-order valence-electron chi connectivity index (χ0n) is 12.0. The molecule has 2 nitrogen and oxygen atoms in total. The van der Waals surface area contributed by atoms with Crippen molar-refractivity contribution in [2.24, 2.45) is 0 Å². The highest BCUT2D eigenvalue weighted by molar-refractivity contribution is 6.07. The van der Waals surface area contributed by atoms with E-state index in [1.54, 1.807) is 24.3 Å². The predicted molar refractivity (Wildman–Crippen MR) is 80.4 cm³/mol. The maximum Gasteiger partial charge on any atom is 0.254 e. The highest BCUT2D eigenvalue weighted by atomic mass is 19.1. The molecule has 0 heterocycles. The van der Waals surface area contributed by atoms with Gasteiger partial charge in [0.05, 0.1) is 0 Å². The number of rotatable bonds is 5. The molecule has 0 atom stereocenters. The summed E-state index contributed by atoms with van der Waals surface area (Å²) < 4.78 is 13.8. The summed E-state index contributed by atoms with van der Waals surface area (Å²) in [6.45, 7) is 5.49. The molecule has 20 heavy (non-hydrogen) atoms. The van der Waals surface area contributed by atoms with Crippen LogP contribution in [-0.4, -0.2) is 23.9 Å². The quantitative estimate of drug-likeness (QED) is 0.798. The first-order valence-corrected chi connectivity index (χ1v) is 7.15. The summed E-state index contributed by atoms with van der Waals surface area (Å²) in [5.41, 5.74) is 0.583. The van der Waals surface area contributed by atoms with E-state index >= 15 is 0 Å². The van der Waals surface area contributed by atoms with Crippen molar-refractivity contribution in [2.75, 3.05) is 13.1 Å². The topological polar surface area (TPSA) is 20.3 Å². The van der Waals surface area contributed by atoms with E-state index in [4.69, 9.17) is 0 Å². The maximum absolute atomic E-state index is 13.8. The highest BCUT2D eigenvalue weighted by Gasteiger charge is 2.17. The van der Waals surface area contributed by atoms with Gasteiger partial charge < -0.3 is 4.90 Å². The number of nitrogens with zero attached hydrogens (tertiary/aromatic N) is 1. The molecule has 3 heteroatoms. The zero-order chi connectivity index (χ0) is 14.5. The van der Waals surface area contributed by atoms with Gasteiger partial charge >= 0.3 is 0 Å². The molecular weight excluding hydrogens is 253 g/mol. The number of carbonyl (C=O) groups is 1. The normalized spacial score (nSPS) is 10.8. The van der Waals surface area contributed by atoms with Crippen LogP contribution in [0.15, 0.2) is 36.4 Å². The van der Waals surface area contributed by atoms with Crippen molar-refractivity contribution < 1.29 is 9.18 Å². The molecule has 106 valence electrons. The van der Waals surface area contributed by atoms with Crippen LogP contribution < -0.4 is 0 Å². The number of benzene rings is 2. The van der Waals surface area contributed by atoms with Gasteiger partial charge in [-0.3, -0.25) is 4.79 Å². The first kappa shape index (κ1) is 14.5. The average Bonchev–Trinajstić information content (AvgIpc) is 2.48. The largest absolute Gasteiger partial charge is 0.339 e. The fraction of sp³-hybridized carbons (Fsp3) is 0.353. The molecule has 2 aromatic carbocycles. The molecule has 2 rings (SSSR count). The summed E-state index contributed by atoms with van der Waals surface area (Å²) in [4.78, 5) is 14.4. The van der Waals surface area contributed by atoms with Crippen molar-refractivity contribution in [1.29, 1.82) is 0 Å². The first-order chi connectivity index (χ1) is 9.69. The lowest BCUT2D eigenvalue weighted by atomic mass is 10.0. The molecule has 0 radical (unpaired) electrons. The van der Waals surface area contributed by atoms with Crippen LogP contribution in [-0.2, 0) is 0 Å². The van der Waals surface area contributed by atoms with Crippen molar-refractivity contribution in [2.45, 2.75) is 26.7 Å².